The van der Waals surface area contributed by atoms with Gasteiger partial charge in [0, 0.05) is 24.8 Å². The fourth-order valence-electron chi connectivity index (χ4n) is 2.19. The molecule has 1 aliphatic carbocycles. The molecule has 0 aliphatic heterocycles. The van der Waals surface area contributed by atoms with E-state index in [-0.39, 0.29) is 22.8 Å². The third-order valence-corrected chi connectivity index (χ3v) is 3.26. The highest BCUT2D eigenvalue weighted by Crippen LogP contribution is 2.33. The summed E-state index contributed by atoms with van der Waals surface area (Å²) in [5.41, 5.74) is 0.574. The molecule has 0 bridgehead atoms. The second-order valence-electron chi connectivity index (χ2n) is 4.53. The monoisotopic (exact) mass is 266 g/mol. The van der Waals surface area contributed by atoms with Gasteiger partial charge in [0.05, 0.1) is 18.1 Å². The zero-order valence-corrected chi connectivity index (χ0v) is 11.1. The molecule has 1 N–H and O–H groups in total. The number of methoxy groups -OCH3 is 1. The largest absolute Gasteiger partial charge is 0.497 e. The molecule has 0 spiro atoms. The van der Waals surface area contributed by atoms with E-state index < -0.39 is 0 Å². The van der Waals surface area contributed by atoms with Crippen molar-refractivity contribution in [3.63, 3.8) is 0 Å². The van der Waals surface area contributed by atoms with Gasteiger partial charge in [0.2, 0.25) is 0 Å². The molecule has 6 heteroatoms. The van der Waals surface area contributed by atoms with E-state index in [9.17, 15) is 10.1 Å². The van der Waals surface area contributed by atoms with Gasteiger partial charge >= 0.3 is 0 Å². The van der Waals surface area contributed by atoms with Crippen LogP contribution in [0.3, 0.4) is 0 Å². The lowest BCUT2D eigenvalue weighted by molar-refractivity contribution is -0.384. The summed E-state index contributed by atoms with van der Waals surface area (Å²) in [4.78, 5) is 10.6. The summed E-state index contributed by atoms with van der Waals surface area (Å²) in [7, 11) is 1.54. The van der Waals surface area contributed by atoms with Crippen LogP contribution < -0.4 is 10.1 Å². The molecule has 1 aliphatic rings. The molecule has 1 fully saturated rings. The molecule has 0 radical (unpaired) electrons. The number of benzene rings is 1. The van der Waals surface area contributed by atoms with Crippen LogP contribution in [0, 0.1) is 10.1 Å². The number of rotatable bonds is 6. The zero-order valence-electron chi connectivity index (χ0n) is 11.1. The van der Waals surface area contributed by atoms with Crippen LogP contribution in [0.25, 0.3) is 0 Å². The maximum Gasteiger partial charge on any atom is 0.292 e. The van der Waals surface area contributed by atoms with Crippen molar-refractivity contribution in [2.75, 3.05) is 19.0 Å². The van der Waals surface area contributed by atoms with Gasteiger partial charge in [-0.2, -0.15) is 0 Å². The number of ether oxygens (including phenoxy) is 2. The van der Waals surface area contributed by atoms with Gasteiger partial charge in [-0.1, -0.05) is 0 Å². The maximum atomic E-state index is 11.0. The van der Waals surface area contributed by atoms with Crippen molar-refractivity contribution in [1.82, 2.24) is 0 Å². The lowest BCUT2D eigenvalue weighted by atomic mass is 9.89. The zero-order chi connectivity index (χ0) is 13.8. The highest BCUT2D eigenvalue weighted by molar-refractivity contribution is 5.64. The highest BCUT2D eigenvalue weighted by Gasteiger charge is 2.31. The topological polar surface area (TPSA) is 73.6 Å². The van der Waals surface area contributed by atoms with Gasteiger partial charge in [0.25, 0.3) is 5.69 Å². The van der Waals surface area contributed by atoms with Crippen LogP contribution in [0.4, 0.5) is 11.4 Å². The molecular formula is C13H18N2O4. The van der Waals surface area contributed by atoms with Gasteiger partial charge in [-0.15, -0.1) is 0 Å². The van der Waals surface area contributed by atoms with E-state index in [2.05, 4.69) is 5.32 Å². The Morgan fingerprint density at radius 3 is 2.79 bits per heavy atom. The summed E-state index contributed by atoms with van der Waals surface area (Å²) in [6.45, 7) is 2.67. The minimum atomic E-state index is -0.388. The fourth-order valence-corrected chi connectivity index (χ4v) is 2.19. The van der Waals surface area contributed by atoms with Crippen molar-refractivity contribution in [3.8, 4) is 5.75 Å². The van der Waals surface area contributed by atoms with Gasteiger partial charge in [0.15, 0.2) is 0 Å². The second-order valence-corrected chi connectivity index (χ2v) is 4.53. The Bertz CT molecular complexity index is 458. The van der Waals surface area contributed by atoms with Crippen LogP contribution >= 0.6 is 0 Å². The summed E-state index contributed by atoms with van der Waals surface area (Å²) in [5, 5.41) is 14.2. The summed E-state index contributed by atoms with van der Waals surface area (Å²) < 4.78 is 10.6. The van der Waals surface area contributed by atoms with Crippen LogP contribution in [0.5, 0.6) is 5.75 Å². The van der Waals surface area contributed by atoms with Crippen molar-refractivity contribution in [1.29, 1.82) is 0 Å². The van der Waals surface area contributed by atoms with Crippen LogP contribution in [0.1, 0.15) is 19.8 Å². The number of hydrogen-bond donors (Lipinski definition) is 1. The standard InChI is InChI=1S/C13H18N2O4/c1-3-19-11-6-9(7-11)14-12-8-10(18-2)4-5-13(12)15(16)17/h4-5,8-9,11,14H,3,6-7H2,1-2H3. The van der Waals surface area contributed by atoms with Crippen molar-refractivity contribution in [2.24, 2.45) is 0 Å². The molecule has 0 saturated heterocycles. The number of nitrogens with one attached hydrogen (secondary N) is 1. The Balaban J connectivity index is 2.04. The van der Waals surface area contributed by atoms with E-state index in [1.54, 1.807) is 19.2 Å². The minimum Gasteiger partial charge on any atom is -0.497 e. The number of anilines is 1. The maximum absolute atomic E-state index is 11.0. The highest BCUT2D eigenvalue weighted by atomic mass is 16.6. The van der Waals surface area contributed by atoms with Crippen molar-refractivity contribution in [3.05, 3.63) is 28.3 Å². The predicted octanol–water partition coefficient (Wildman–Crippen LogP) is 2.58. The summed E-state index contributed by atoms with van der Waals surface area (Å²) in [6, 6.07) is 4.93. The smallest absolute Gasteiger partial charge is 0.292 e. The minimum absolute atomic E-state index is 0.0701. The van der Waals surface area contributed by atoms with Gasteiger partial charge in [-0.25, -0.2) is 0 Å². The van der Waals surface area contributed by atoms with Gasteiger partial charge in [-0.05, 0) is 25.8 Å². The Labute approximate surface area is 111 Å². The van der Waals surface area contributed by atoms with E-state index >= 15 is 0 Å². The number of nitro groups is 1. The third-order valence-electron chi connectivity index (χ3n) is 3.26. The normalized spacial score (nSPS) is 21.6. The average molecular weight is 266 g/mol. The fraction of sp³-hybridized carbons (Fsp3) is 0.538. The molecule has 0 amide bonds. The average Bonchev–Trinajstić information content (AvgIpc) is 2.35. The Morgan fingerprint density at radius 2 is 2.21 bits per heavy atom. The Kier molecular flexibility index (Phi) is 4.21. The van der Waals surface area contributed by atoms with E-state index in [4.69, 9.17) is 9.47 Å². The van der Waals surface area contributed by atoms with Crippen LogP contribution in [0.2, 0.25) is 0 Å². The molecule has 1 aromatic carbocycles. The molecule has 6 nitrogen and oxygen atoms in total. The molecule has 0 atom stereocenters. The number of nitrogens with zero attached hydrogens (tertiary/aromatic N) is 1. The van der Waals surface area contributed by atoms with Crippen LogP contribution in [0.15, 0.2) is 18.2 Å². The van der Waals surface area contributed by atoms with E-state index in [0.29, 0.717) is 18.0 Å². The lowest BCUT2D eigenvalue weighted by Crippen LogP contribution is -2.40. The van der Waals surface area contributed by atoms with Crippen molar-refractivity contribution < 1.29 is 14.4 Å². The first-order valence-corrected chi connectivity index (χ1v) is 6.34. The SMILES string of the molecule is CCOC1CC(Nc2cc(OC)ccc2[N+](=O)[O-])C1. The predicted molar refractivity (Wildman–Crippen MR) is 71.7 cm³/mol. The van der Waals surface area contributed by atoms with E-state index in [0.717, 1.165) is 12.8 Å². The first kappa shape index (κ1) is 13.6. The number of hydrogen-bond acceptors (Lipinski definition) is 5. The first-order valence-electron chi connectivity index (χ1n) is 6.34. The molecule has 104 valence electrons. The summed E-state index contributed by atoms with van der Waals surface area (Å²) in [6.07, 6.45) is 2.02. The Morgan fingerprint density at radius 1 is 1.47 bits per heavy atom. The van der Waals surface area contributed by atoms with Gasteiger partial charge in [0.1, 0.15) is 11.4 Å². The Hall–Kier alpha value is -1.82. The second kappa shape index (κ2) is 5.88. The van der Waals surface area contributed by atoms with Crippen LogP contribution in [-0.2, 0) is 4.74 Å². The molecule has 0 unspecified atom stereocenters. The molecule has 1 aromatic rings. The molecular weight excluding hydrogens is 248 g/mol. The quantitative estimate of drug-likeness (QED) is 0.632. The molecule has 0 aromatic heterocycles. The lowest BCUT2D eigenvalue weighted by Gasteiger charge is -2.35. The third kappa shape index (κ3) is 3.14. The molecule has 2 rings (SSSR count). The van der Waals surface area contributed by atoms with Gasteiger partial charge < -0.3 is 14.8 Å². The number of nitro benzene ring substituents is 1. The molecule has 1 saturated carbocycles. The van der Waals surface area contributed by atoms with Crippen LogP contribution in [-0.4, -0.2) is 30.8 Å². The van der Waals surface area contributed by atoms with Crippen molar-refractivity contribution >= 4 is 11.4 Å². The van der Waals surface area contributed by atoms with E-state index in [1.807, 2.05) is 6.92 Å². The van der Waals surface area contributed by atoms with E-state index in [1.165, 1.54) is 6.07 Å². The summed E-state index contributed by atoms with van der Waals surface area (Å²) in [5.74, 6) is 0.605. The molecule has 19 heavy (non-hydrogen) atoms. The summed E-state index contributed by atoms with van der Waals surface area (Å²) >= 11 is 0. The van der Waals surface area contributed by atoms with Gasteiger partial charge in [-0.3, -0.25) is 10.1 Å². The molecule has 0 heterocycles. The van der Waals surface area contributed by atoms with Crippen molar-refractivity contribution in [2.45, 2.75) is 31.9 Å². The first-order chi connectivity index (χ1) is 9.13.